The van der Waals surface area contributed by atoms with E-state index in [1.807, 2.05) is 0 Å². The smallest absolute Gasteiger partial charge is 0.251 e. The van der Waals surface area contributed by atoms with Crippen molar-refractivity contribution in [1.82, 2.24) is 10.2 Å². The van der Waals surface area contributed by atoms with Crippen molar-refractivity contribution in [2.75, 3.05) is 13.6 Å². The Kier molecular flexibility index (Phi) is 4.87. The predicted octanol–water partition coefficient (Wildman–Crippen LogP) is 3.32. The van der Waals surface area contributed by atoms with E-state index in [1.165, 1.54) is 0 Å². The third-order valence-corrected chi connectivity index (χ3v) is 4.94. The lowest BCUT2D eigenvalue weighted by Gasteiger charge is -2.35. The van der Waals surface area contributed by atoms with Gasteiger partial charge in [-0.25, -0.2) is 0 Å². The first-order valence-electron chi connectivity index (χ1n) is 6.43. The van der Waals surface area contributed by atoms with Crippen LogP contribution in [0.25, 0.3) is 0 Å². The van der Waals surface area contributed by atoms with Crippen molar-refractivity contribution in [3.8, 4) is 0 Å². The van der Waals surface area contributed by atoms with Crippen LogP contribution in [0.15, 0.2) is 22.7 Å². The Morgan fingerprint density at radius 1 is 1.53 bits per heavy atom. The Bertz CT molecular complexity index is 481. The summed E-state index contributed by atoms with van der Waals surface area (Å²) in [5, 5.41) is 3.72. The summed E-state index contributed by atoms with van der Waals surface area (Å²) >= 11 is 9.27. The van der Waals surface area contributed by atoms with E-state index in [0.717, 1.165) is 23.9 Å². The molecule has 1 N–H and O–H groups in total. The molecule has 1 amide bonds. The number of benzene rings is 1. The number of amides is 1. The van der Waals surface area contributed by atoms with Crippen LogP contribution in [0, 0.1) is 0 Å². The highest BCUT2D eigenvalue weighted by Gasteiger charge is 2.24. The number of carbonyl (C=O) groups excluding carboxylic acids is 1. The summed E-state index contributed by atoms with van der Waals surface area (Å²) in [6, 6.07) is 6.01. The Morgan fingerprint density at radius 3 is 2.89 bits per heavy atom. The molecule has 0 bridgehead atoms. The summed E-state index contributed by atoms with van der Waals surface area (Å²) in [6.45, 7) is 3.22. The first-order chi connectivity index (χ1) is 8.97. The van der Waals surface area contributed by atoms with Crippen molar-refractivity contribution in [3.05, 3.63) is 33.3 Å². The van der Waals surface area contributed by atoms with Crippen molar-refractivity contribution in [2.24, 2.45) is 0 Å². The van der Waals surface area contributed by atoms with E-state index in [4.69, 9.17) is 11.6 Å². The SMILES string of the molecule is CC1CC(NC(=O)c2ccc(Cl)c(Br)c2)CCN1C. The average Bonchev–Trinajstić information content (AvgIpc) is 2.37. The van der Waals surface area contributed by atoms with Gasteiger partial charge >= 0.3 is 0 Å². The maximum absolute atomic E-state index is 12.2. The minimum absolute atomic E-state index is 0.0286. The number of carbonyl (C=O) groups is 1. The molecule has 0 radical (unpaired) electrons. The minimum atomic E-state index is -0.0286. The molecule has 1 aliphatic heterocycles. The van der Waals surface area contributed by atoms with Crippen LogP contribution in [-0.2, 0) is 0 Å². The van der Waals surface area contributed by atoms with E-state index in [-0.39, 0.29) is 11.9 Å². The highest BCUT2D eigenvalue weighted by atomic mass is 79.9. The second kappa shape index (κ2) is 6.25. The average molecular weight is 346 g/mol. The van der Waals surface area contributed by atoms with Crippen LogP contribution in [0.5, 0.6) is 0 Å². The van der Waals surface area contributed by atoms with Gasteiger partial charge in [-0.3, -0.25) is 4.79 Å². The van der Waals surface area contributed by atoms with Gasteiger partial charge in [0, 0.05) is 28.7 Å². The molecule has 19 heavy (non-hydrogen) atoms. The van der Waals surface area contributed by atoms with Crippen molar-refractivity contribution in [2.45, 2.75) is 31.8 Å². The summed E-state index contributed by atoms with van der Waals surface area (Å²) in [5.41, 5.74) is 0.642. The molecule has 2 unspecified atom stereocenters. The number of halogens is 2. The topological polar surface area (TPSA) is 32.3 Å². The van der Waals surface area contributed by atoms with Gasteiger partial charge in [0.1, 0.15) is 0 Å². The summed E-state index contributed by atoms with van der Waals surface area (Å²) in [7, 11) is 2.12. The van der Waals surface area contributed by atoms with Gasteiger partial charge in [0.25, 0.3) is 5.91 Å². The van der Waals surface area contributed by atoms with Crippen LogP contribution in [0.1, 0.15) is 30.1 Å². The molecule has 5 heteroatoms. The third-order valence-electron chi connectivity index (χ3n) is 3.73. The number of nitrogens with one attached hydrogen (secondary N) is 1. The van der Waals surface area contributed by atoms with Crippen LogP contribution >= 0.6 is 27.5 Å². The van der Waals surface area contributed by atoms with Gasteiger partial charge in [-0.05, 0) is 60.9 Å². The normalized spacial score (nSPS) is 24.2. The highest BCUT2D eigenvalue weighted by molar-refractivity contribution is 9.10. The second-order valence-corrected chi connectivity index (χ2v) is 6.41. The molecule has 1 aromatic rings. The predicted molar refractivity (Wildman–Crippen MR) is 81.7 cm³/mol. The largest absolute Gasteiger partial charge is 0.349 e. The van der Waals surface area contributed by atoms with Gasteiger partial charge in [0.05, 0.1) is 5.02 Å². The van der Waals surface area contributed by atoms with Crippen molar-refractivity contribution in [1.29, 1.82) is 0 Å². The lowest BCUT2D eigenvalue weighted by molar-refractivity contribution is 0.0896. The first-order valence-corrected chi connectivity index (χ1v) is 7.60. The molecule has 0 aliphatic carbocycles. The van der Waals surface area contributed by atoms with E-state index < -0.39 is 0 Å². The van der Waals surface area contributed by atoms with Gasteiger partial charge < -0.3 is 10.2 Å². The standard InChI is InChI=1S/C14H18BrClN2O/c1-9-7-11(5-6-18(9)2)17-14(19)10-3-4-13(16)12(15)8-10/h3-4,8-9,11H,5-7H2,1-2H3,(H,17,19). The van der Waals surface area contributed by atoms with E-state index in [0.29, 0.717) is 16.6 Å². The lowest BCUT2D eigenvalue weighted by atomic mass is 9.98. The van der Waals surface area contributed by atoms with Crippen LogP contribution < -0.4 is 5.32 Å². The Hall–Kier alpha value is -0.580. The first kappa shape index (κ1) is 14.8. The number of likely N-dealkylation sites (tertiary alicyclic amines) is 1. The molecular weight excluding hydrogens is 328 g/mol. The molecule has 2 rings (SSSR count). The Morgan fingerprint density at radius 2 is 2.26 bits per heavy atom. The molecule has 2 atom stereocenters. The van der Waals surface area contributed by atoms with Gasteiger partial charge in [-0.2, -0.15) is 0 Å². The fourth-order valence-corrected chi connectivity index (χ4v) is 2.82. The molecule has 1 aromatic carbocycles. The summed E-state index contributed by atoms with van der Waals surface area (Å²) in [6.07, 6.45) is 2.00. The van der Waals surface area contributed by atoms with E-state index in [1.54, 1.807) is 18.2 Å². The molecule has 1 aliphatic rings. The van der Waals surface area contributed by atoms with Crippen molar-refractivity contribution in [3.63, 3.8) is 0 Å². The quantitative estimate of drug-likeness (QED) is 0.892. The molecule has 0 spiro atoms. The number of hydrogen-bond donors (Lipinski definition) is 1. The lowest BCUT2D eigenvalue weighted by Crippen LogP contribution is -2.47. The molecule has 1 heterocycles. The number of piperidine rings is 1. The summed E-state index contributed by atoms with van der Waals surface area (Å²) in [4.78, 5) is 14.5. The summed E-state index contributed by atoms with van der Waals surface area (Å²) < 4.78 is 0.749. The van der Waals surface area contributed by atoms with Gasteiger partial charge in [0.15, 0.2) is 0 Å². The zero-order valence-electron chi connectivity index (χ0n) is 11.1. The third kappa shape index (κ3) is 3.71. The molecule has 0 aromatic heterocycles. The van der Waals surface area contributed by atoms with Gasteiger partial charge in [0.2, 0.25) is 0 Å². The number of rotatable bonds is 2. The van der Waals surface area contributed by atoms with Gasteiger partial charge in [-0.1, -0.05) is 11.6 Å². The van der Waals surface area contributed by atoms with Crippen molar-refractivity contribution >= 4 is 33.4 Å². The fourth-order valence-electron chi connectivity index (χ4n) is 2.33. The fraction of sp³-hybridized carbons (Fsp3) is 0.500. The zero-order valence-corrected chi connectivity index (χ0v) is 13.5. The minimum Gasteiger partial charge on any atom is -0.349 e. The summed E-state index contributed by atoms with van der Waals surface area (Å²) in [5.74, 6) is -0.0286. The van der Waals surface area contributed by atoms with E-state index >= 15 is 0 Å². The Labute approximate surface area is 127 Å². The second-order valence-electron chi connectivity index (χ2n) is 5.15. The molecule has 1 saturated heterocycles. The van der Waals surface area contributed by atoms with Crippen LogP contribution in [-0.4, -0.2) is 36.5 Å². The maximum Gasteiger partial charge on any atom is 0.251 e. The van der Waals surface area contributed by atoms with E-state index in [2.05, 4.69) is 40.1 Å². The molecule has 104 valence electrons. The maximum atomic E-state index is 12.2. The molecule has 3 nitrogen and oxygen atoms in total. The Balaban J connectivity index is 1.99. The molecular formula is C14H18BrClN2O. The highest BCUT2D eigenvalue weighted by Crippen LogP contribution is 2.23. The zero-order chi connectivity index (χ0) is 14.0. The van der Waals surface area contributed by atoms with E-state index in [9.17, 15) is 4.79 Å². The number of hydrogen-bond acceptors (Lipinski definition) is 2. The van der Waals surface area contributed by atoms with Crippen LogP contribution in [0.3, 0.4) is 0 Å². The monoisotopic (exact) mass is 344 g/mol. The molecule has 1 fully saturated rings. The number of nitrogens with zero attached hydrogens (tertiary/aromatic N) is 1. The molecule has 0 saturated carbocycles. The van der Waals surface area contributed by atoms with Crippen LogP contribution in [0.2, 0.25) is 5.02 Å². The van der Waals surface area contributed by atoms with Crippen molar-refractivity contribution < 1.29 is 4.79 Å². The van der Waals surface area contributed by atoms with Crippen LogP contribution in [0.4, 0.5) is 0 Å². The van der Waals surface area contributed by atoms with Gasteiger partial charge in [-0.15, -0.1) is 0 Å².